The Morgan fingerprint density at radius 2 is 1.92 bits per heavy atom. The van der Waals surface area contributed by atoms with Gasteiger partial charge in [0.05, 0.1) is 23.0 Å². The number of anilines is 2. The quantitative estimate of drug-likeness (QED) is 0.229. The molecule has 0 saturated carbocycles. The lowest BCUT2D eigenvalue weighted by molar-refractivity contribution is 0.0955. The molecular weight excluding hydrogens is 591 g/mol. The van der Waals surface area contributed by atoms with Crippen molar-refractivity contribution < 1.29 is 17.9 Å². The number of hydrogen-bond acceptors (Lipinski definition) is 5. The second-order valence-corrected chi connectivity index (χ2v) is 10.3. The topological polar surface area (TPSA) is 95.4 Å². The number of benzene rings is 3. The van der Waals surface area contributed by atoms with E-state index in [2.05, 4.69) is 30.0 Å². The van der Waals surface area contributed by atoms with E-state index in [9.17, 15) is 17.9 Å². The van der Waals surface area contributed by atoms with Crippen LogP contribution in [-0.2, 0) is 24.1 Å². The highest BCUT2D eigenvalue weighted by molar-refractivity contribution is 9.10. The SMILES string of the molecule is O=C(NCCc1ccc(F)cc1Cl)c1ccc(Br)cc1N(c1nsnc1Cc1ccccc1)S(=O)O. The molecule has 2 N–H and O–H groups in total. The monoisotopic (exact) mass is 608 g/mol. The molecule has 1 atom stereocenters. The number of halogens is 3. The van der Waals surface area contributed by atoms with Crippen molar-refractivity contribution >= 4 is 67.9 Å². The Morgan fingerprint density at radius 3 is 2.64 bits per heavy atom. The number of amides is 1. The van der Waals surface area contributed by atoms with E-state index in [1.165, 1.54) is 12.1 Å². The molecule has 0 bridgehead atoms. The summed E-state index contributed by atoms with van der Waals surface area (Å²) in [6.45, 7) is 0.222. The van der Waals surface area contributed by atoms with Gasteiger partial charge >= 0.3 is 0 Å². The molecule has 1 amide bonds. The molecule has 0 radical (unpaired) electrons. The number of carbonyl (C=O) groups excluding carboxylic acids is 1. The molecule has 186 valence electrons. The van der Waals surface area contributed by atoms with Crippen LogP contribution in [0.2, 0.25) is 5.02 Å². The second kappa shape index (κ2) is 12.0. The van der Waals surface area contributed by atoms with Gasteiger partial charge in [-0.1, -0.05) is 63.9 Å². The second-order valence-electron chi connectivity index (χ2n) is 7.63. The zero-order valence-electron chi connectivity index (χ0n) is 18.5. The molecule has 1 aromatic heterocycles. The molecule has 7 nitrogen and oxygen atoms in total. The van der Waals surface area contributed by atoms with Crippen LogP contribution >= 0.6 is 39.3 Å². The minimum Gasteiger partial charge on any atom is -0.352 e. The van der Waals surface area contributed by atoms with Crippen molar-refractivity contribution in [1.82, 2.24) is 14.1 Å². The Balaban J connectivity index is 1.60. The third kappa shape index (κ3) is 6.34. The first-order chi connectivity index (χ1) is 17.3. The number of nitrogens with one attached hydrogen (secondary N) is 1. The fourth-order valence-corrected chi connectivity index (χ4v) is 5.35. The molecule has 0 aliphatic carbocycles. The van der Waals surface area contributed by atoms with Crippen molar-refractivity contribution in [2.75, 3.05) is 10.8 Å². The Morgan fingerprint density at radius 1 is 1.14 bits per heavy atom. The normalized spacial score (nSPS) is 11.8. The number of nitrogens with zero attached hydrogens (tertiary/aromatic N) is 3. The largest absolute Gasteiger partial charge is 0.352 e. The van der Waals surface area contributed by atoms with Crippen LogP contribution in [0.25, 0.3) is 0 Å². The van der Waals surface area contributed by atoms with Gasteiger partial charge in [0.15, 0.2) is 5.82 Å². The molecule has 3 aromatic carbocycles. The minimum absolute atomic E-state index is 0.171. The van der Waals surface area contributed by atoms with Gasteiger partial charge in [0.2, 0.25) is 0 Å². The summed E-state index contributed by atoms with van der Waals surface area (Å²) in [5, 5.41) is 3.07. The number of carbonyl (C=O) groups is 1. The summed E-state index contributed by atoms with van der Waals surface area (Å²) in [6, 6.07) is 18.4. The van der Waals surface area contributed by atoms with Gasteiger partial charge in [-0.15, -0.1) is 0 Å². The molecule has 4 aromatic rings. The molecule has 0 fully saturated rings. The lowest BCUT2D eigenvalue weighted by Gasteiger charge is -2.21. The van der Waals surface area contributed by atoms with E-state index in [0.29, 0.717) is 28.6 Å². The van der Waals surface area contributed by atoms with Crippen molar-refractivity contribution in [3.05, 3.63) is 104 Å². The first-order valence-electron chi connectivity index (χ1n) is 10.6. The summed E-state index contributed by atoms with van der Waals surface area (Å²) < 4.78 is 46.4. The summed E-state index contributed by atoms with van der Waals surface area (Å²) >= 11 is 7.83. The van der Waals surface area contributed by atoms with Crippen LogP contribution in [0.5, 0.6) is 0 Å². The summed E-state index contributed by atoms with van der Waals surface area (Å²) in [5.74, 6) is -0.707. The maximum absolute atomic E-state index is 13.3. The van der Waals surface area contributed by atoms with Gasteiger partial charge in [0.1, 0.15) is 11.5 Å². The maximum atomic E-state index is 13.3. The summed E-state index contributed by atoms with van der Waals surface area (Å²) in [7, 11) is 0. The van der Waals surface area contributed by atoms with Gasteiger partial charge < -0.3 is 5.32 Å². The van der Waals surface area contributed by atoms with Crippen molar-refractivity contribution in [2.45, 2.75) is 12.8 Å². The fraction of sp³-hybridized carbons (Fsp3) is 0.125. The molecule has 0 aliphatic rings. The van der Waals surface area contributed by atoms with Crippen LogP contribution in [0, 0.1) is 5.82 Å². The maximum Gasteiger partial charge on any atom is 0.268 e. The first kappa shape index (κ1) is 26.4. The van der Waals surface area contributed by atoms with E-state index in [4.69, 9.17) is 11.6 Å². The van der Waals surface area contributed by atoms with Crippen LogP contribution < -0.4 is 9.62 Å². The van der Waals surface area contributed by atoms with Crippen molar-refractivity contribution in [2.24, 2.45) is 0 Å². The standard InChI is InChI=1S/C24H19BrClFN4O3S2/c25-17-7-9-19(24(32)28-11-10-16-6-8-18(27)14-20(16)26)22(13-17)31(36(33)34)23-21(29-35-30-23)12-15-4-2-1-3-5-15/h1-9,13-14H,10-12H2,(H,28,32)(H,33,34). The van der Waals surface area contributed by atoms with Gasteiger partial charge in [-0.05, 0) is 47.9 Å². The van der Waals surface area contributed by atoms with Crippen molar-refractivity contribution in [3.8, 4) is 0 Å². The number of aromatic nitrogens is 2. The van der Waals surface area contributed by atoms with Crippen molar-refractivity contribution in [1.29, 1.82) is 0 Å². The Kier molecular flexibility index (Phi) is 8.81. The Hall–Kier alpha value is -2.70. The molecule has 36 heavy (non-hydrogen) atoms. The predicted molar refractivity (Wildman–Crippen MR) is 144 cm³/mol. The summed E-state index contributed by atoms with van der Waals surface area (Å²) in [6.07, 6.45) is 0.776. The smallest absolute Gasteiger partial charge is 0.268 e. The zero-order valence-corrected chi connectivity index (χ0v) is 22.5. The fourth-order valence-electron chi connectivity index (χ4n) is 3.52. The van der Waals surface area contributed by atoms with Crippen molar-refractivity contribution in [3.63, 3.8) is 0 Å². The highest BCUT2D eigenvalue weighted by atomic mass is 79.9. The van der Waals surface area contributed by atoms with Gasteiger partial charge in [0.25, 0.3) is 17.2 Å². The van der Waals surface area contributed by atoms with Gasteiger partial charge in [-0.2, -0.15) is 8.75 Å². The number of hydrogen-bond donors (Lipinski definition) is 2. The molecule has 0 spiro atoms. The van der Waals surface area contributed by atoms with E-state index in [1.54, 1.807) is 24.3 Å². The molecule has 0 saturated heterocycles. The Labute approximate surface area is 227 Å². The van der Waals surface area contributed by atoms with Gasteiger partial charge in [-0.3, -0.25) is 9.35 Å². The highest BCUT2D eigenvalue weighted by Gasteiger charge is 2.27. The molecule has 1 heterocycles. The highest BCUT2D eigenvalue weighted by Crippen LogP contribution is 2.34. The lowest BCUT2D eigenvalue weighted by Crippen LogP contribution is -2.29. The van der Waals surface area contributed by atoms with Crippen LogP contribution in [0.15, 0.2) is 71.2 Å². The average Bonchev–Trinajstić information content (AvgIpc) is 3.28. The molecule has 4 rings (SSSR count). The first-order valence-corrected chi connectivity index (χ1v) is 13.6. The third-order valence-corrected chi connectivity index (χ3v) is 7.30. The van der Waals surface area contributed by atoms with E-state index >= 15 is 0 Å². The van der Waals surface area contributed by atoms with Crippen LogP contribution in [0.4, 0.5) is 15.9 Å². The van der Waals surface area contributed by atoms with Gasteiger partial charge in [0, 0.05) is 22.5 Å². The zero-order chi connectivity index (χ0) is 25.7. The molecule has 0 aliphatic heterocycles. The summed E-state index contributed by atoms with van der Waals surface area (Å²) in [5.41, 5.74) is 2.51. The number of rotatable bonds is 9. The van der Waals surface area contributed by atoms with E-state index in [1.807, 2.05) is 30.3 Å². The van der Waals surface area contributed by atoms with E-state index < -0.39 is 23.0 Å². The summed E-state index contributed by atoms with van der Waals surface area (Å²) in [4.78, 5) is 13.1. The predicted octanol–water partition coefficient (Wildman–Crippen LogP) is 5.93. The van der Waals surface area contributed by atoms with Gasteiger partial charge in [-0.25, -0.2) is 12.9 Å². The molecule has 1 unspecified atom stereocenters. The molecular formula is C24H19BrClFN4O3S2. The van der Waals surface area contributed by atoms with E-state index in [0.717, 1.165) is 21.6 Å². The molecule has 12 heteroatoms. The van der Waals surface area contributed by atoms with E-state index in [-0.39, 0.29) is 28.6 Å². The average molecular weight is 610 g/mol. The minimum atomic E-state index is -2.54. The third-order valence-electron chi connectivity index (χ3n) is 5.22. The van der Waals surface area contributed by atoms with Crippen LogP contribution in [0.3, 0.4) is 0 Å². The lowest BCUT2D eigenvalue weighted by atomic mass is 10.1. The van der Waals surface area contributed by atoms with Crippen LogP contribution in [-0.4, -0.2) is 30.0 Å². The Bertz CT molecular complexity index is 1410. The van der Waals surface area contributed by atoms with Crippen LogP contribution in [0.1, 0.15) is 27.2 Å².